The maximum absolute atomic E-state index is 11.8. The lowest BCUT2D eigenvalue weighted by Gasteiger charge is -2.06. The van der Waals surface area contributed by atoms with Gasteiger partial charge in [0.05, 0.1) is 21.8 Å². The van der Waals surface area contributed by atoms with Crippen molar-refractivity contribution in [1.82, 2.24) is 5.43 Å². The maximum Gasteiger partial charge on any atom is 0.312 e. The zero-order valence-corrected chi connectivity index (χ0v) is 16.4. The number of halogens is 2. The zero-order valence-electron chi connectivity index (χ0n) is 13.4. The number of hydrogen-bond donors (Lipinski definition) is 1. The van der Waals surface area contributed by atoms with Crippen LogP contribution in [0.2, 0.25) is 5.02 Å². The number of ether oxygens (including phenoxy) is 2. The van der Waals surface area contributed by atoms with Crippen LogP contribution in [0, 0.1) is 13.7 Å². The van der Waals surface area contributed by atoms with Crippen LogP contribution in [0.4, 0.5) is 5.69 Å². The molecule has 0 atom stereocenters. The first kappa shape index (κ1) is 19.9. The van der Waals surface area contributed by atoms with Crippen LogP contribution >= 0.6 is 34.2 Å². The highest BCUT2D eigenvalue weighted by atomic mass is 127. The smallest absolute Gasteiger partial charge is 0.312 e. The summed E-state index contributed by atoms with van der Waals surface area (Å²) in [7, 11) is 1.58. The van der Waals surface area contributed by atoms with Crippen molar-refractivity contribution < 1.29 is 19.2 Å². The molecule has 0 aliphatic carbocycles. The second-order valence-corrected chi connectivity index (χ2v) is 6.44. The number of rotatable bonds is 7. The molecule has 0 fully saturated rings. The average molecular weight is 490 g/mol. The monoisotopic (exact) mass is 489 g/mol. The molecule has 1 N–H and O–H groups in total. The van der Waals surface area contributed by atoms with E-state index in [0.717, 1.165) is 20.9 Å². The minimum atomic E-state index is -0.636. The Hall–Kier alpha value is -2.40. The van der Waals surface area contributed by atoms with Gasteiger partial charge in [-0.3, -0.25) is 14.9 Å². The number of nitro benzene ring substituents is 1. The number of carbonyl (C=O) groups excluding carboxylic acids is 1. The average Bonchev–Trinajstić information content (AvgIpc) is 2.60. The highest BCUT2D eigenvalue weighted by molar-refractivity contribution is 14.1. The van der Waals surface area contributed by atoms with Crippen LogP contribution in [0.5, 0.6) is 11.5 Å². The molecule has 0 spiro atoms. The van der Waals surface area contributed by atoms with Crippen molar-refractivity contribution >= 4 is 52.0 Å². The summed E-state index contributed by atoms with van der Waals surface area (Å²) in [6, 6.07) is 9.32. The van der Waals surface area contributed by atoms with Crippen LogP contribution in [-0.2, 0) is 4.79 Å². The van der Waals surface area contributed by atoms with E-state index in [4.69, 9.17) is 21.1 Å². The van der Waals surface area contributed by atoms with Crippen molar-refractivity contribution in [2.24, 2.45) is 5.10 Å². The van der Waals surface area contributed by atoms with Crippen LogP contribution in [0.1, 0.15) is 5.56 Å². The van der Waals surface area contributed by atoms with E-state index >= 15 is 0 Å². The number of methoxy groups -OCH3 is 1. The molecule has 8 nitrogen and oxygen atoms in total. The van der Waals surface area contributed by atoms with Crippen molar-refractivity contribution in [2.75, 3.05) is 13.7 Å². The lowest BCUT2D eigenvalue weighted by Crippen LogP contribution is -2.24. The fourth-order valence-electron chi connectivity index (χ4n) is 1.87. The Labute approximate surface area is 167 Å². The molecule has 0 saturated carbocycles. The first-order valence-electron chi connectivity index (χ1n) is 7.13. The second-order valence-electron chi connectivity index (χ2n) is 4.84. The molecule has 1 amide bonds. The van der Waals surface area contributed by atoms with E-state index < -0.39 is 17.4 Å². The Bertz CT molecular complexity index is 860. The normalized spacial score (nSPS) is 10.6. The molecule has 2 rings (SSSR count). The fourth-order valence-corrected chi connectivity index (χ4v) is 2.80. The Kier molecular flexibility index (Phi) is 7.16. The molecule has 0 saturated heterocycles. The van der Waals surface area contributed by atoms with Crippen molar-refractivity contribution in [2.45, 2.75) is 0 Å². The molecule has 0 unspecified atom stereocenters. The highest BCUT2D eigenvalue weighted by Gasteiger charge is 2.16. The maximum atomic E-state index is 11.8. The minimum absolute atomic E-state index is 0.0526. The van der Waals surface area contributed by atoms with Gasteiger partial charge in [0.25, 0.3) is 5.91 Å². The molecule has 0 radical (unpaired) electrons. The molecule has 2 aromatic rings. The molecule has 2 aromatic carbocycles. The molecule has 10 heteroatoms. The van der Waals surface area contributed by atoms with Crippen LogP contribution < -0.4 is 14.9 Å². The highest BCUT2D eigenvalue weighted by Crippen LogP contribution is 2.29. The van der Waals surface area contributed by atoms with Gasteiger partial charge in [0.1, 0.15) is 5.75 Å². The second kappa shape index (κ2) is 9.34. The number of nitro groups is 1. The van der Waals surface area contributed by atoms with Crippen molar-refractivity contribution in [1.29, 1.82) is 0 Å². The zero-order chi connectivity index (χ0) is 19.1. The summed E-state index contributed by atoms with van der Waals surface area (Å²) in [4.78, 5) is 22.1. The SMILES string of the molecule is COc1ccc(/C=N\NC(=O)COc2ccc(Cl)cc2[N+](=O)[O-])cc1I. The van der Waals surface area contributed by atoms with Gasteiger partial charge in [-0.1, -0.05) is 11.6 Å². The molecule has 0 heterocycles. The van der Waals surface area contributed by atoms with Crippen molar-refractivity contribution in [3.63, 3.8) is 0 Å². The predicted octanol–water partition coefficient (Wildman–Crippen LogP) is 3.39. The van der Waals surface area contributed by atoms with Gasteiger partial charge in [-0.05, 0) is 58.5 Å². The lowest BCUT2D eigenvalue weighted by atomic mass is 10.2. The number of benzene rings is 2. The Morgan fingerprint density at radius 2 is 2.08 bits per heavy atom. The molecule has 0 aromatic heterocycles. The summed E-state index contributed by atoms with van der Waals surface area (Å²) in [5.74, 6) is 0.127. The largest absolute Gasteiger partial charge is 0.496 e. The summed E-state index contributed by atoms with van der Waals surface area (Å²) in [5.41, 5.74) is 2.74. The Balaban J connectivity index is 1.91. The number of hydrazone groups is 1. The third kappa shape index (κ3) is 5.56. The molecule has 136 valence electrons. The number of nitrogens with zero attached hydrogens (tertiary/aromatic N) is 2. The van der Waals surface area contributed by atoms with E-state index in [2.05, 4.69) is 33.1 Å². The van der Waals surface area contributed by atoms with E-state index in [-0.39, 0.29) is 16.5 Å². The Morgan fingerprint density at radius 3 is 2.73 bits per heavy atom. The standard InChI is InChI=1S/C16H13ClIN3O5/c1-25-14-4-2-10(6-12(14)18)8-19-20-16(22)9-26-15-5-3-11(17)7-13(15)21(23)24/h2-8H,9H2,1H3,(H,20,22)/b19-8-. The van der Waals surface area contributed by atoms with E-state index in [9.17, 15) is 14.9 Å². The van der Waals surface area contributed by atoms with Gasteiger partial charge in [-0.25, -0.2) is 5.43 Å². The van der Waals surface area contributed by atoms with Crippen LogP contribution in [0.3, 0.4) is 0 Å². The number of nitrogens with one attached hydrogen (secondary N) is 1. The van der Waals surface area contributed by atoms with Gasteiger partial charge < -0.3 is 9.47 Å². The van der Waals surface area contributed by atoms with Gasteiger partial charge >= 0.3 is 5.69 Å². The summed E-state index contributed by atoms with van der Waals surface area (Å²) < 4.78 is 11.2. The van der Waals surface area contributed by atoms with E-state index in [1.54, 1.807) is 19.2 Å². The summed E-state index contributed by atoms with van der Waals surface area (Å²) in [6.45, 7) is -0.431. The van der Waals surface area contributed by atoms with Crippen molar-refractivity contribution in [3.05, 3.63) is 60.7 Å². The quantitative estimate of drug-likeness (QED) is 0.278. The Morgan fingerprint density at radius 1 is 1.35 bits per heavy atom. The minimum Gasteiger partial charge on any atom is -0.496 e. The van der Waals surface area contributed by atoms with Crippen molar-refractivity contribution in [3.8, 4) is 11.5 Å². The lowest BCUT2D eigenvalue weighted by molar-refractivity contribution is -0.385. The number of hydrogen-bond acceptors (Lipinski definition) is 6. The molecule has 0 aliphatic rings. The van der Waals surface area contributed by atoms with Gasteiger partial charge in [0.2, 0.25) is 0 Å². The van der Waals surface area contributed by atoms with Crippen LogP contribution in [0.15, 0.2) is 41.5 Å². The first-order valence-corrected chi connectivity index (χ1v) is 8.58. The molecular weight excluding hydrogens is 477 g/mol. The van der Waals surface area contributed by atoms with Gasteiger partial charge in [-0.15, -0.1) is 0 Å². The number of carbonyl (C=O) groups is 1. The summed E-state index contributed by atoms with van der Waals surface area (Å²) >= 11 is 7.84. The predicted molar refractivity (Wildman–Crippen MR) is 105 cm³/mol. The molecule has 0 bridgehead atoms. The van der Waals surface area contributed by atoms with Crippen LogP contribution in [-0.4, -0.2) is 30.8 Å². The fraction of sp³-hybridized carbons (Fsp3) is 0.125. The molecular formula is C16H13ClIN3O5. The van der Waals surface area contributed by atoms with Crippen LogP contribution in [0.25, 0.3) is 0 Å². The van der Waals surface area contributed by atoms with E-state index in [0.29, 0.717) is 0 Å². The third-order valence-corrected chi connectivity index (χ3v) is 4.13. The van der Waals surface area contributed by atoms with Gasteiger partial charge in [0, 0.05) is 11.1 Å². The topological polar surface area (TPSA) is 103 Å². The molecule has 26 heavy (non-hydrogen) atoms. The molecule has 0 aliphatic heterocycles. The van der Waals surface area contributed by atoms with E-state index in [1.807, 2.05) is 6.07 Å². The number of amides is 1. The summed E-state index contributed by atoms with van der Waals surface area (Å²) in [6.07, 6.45) is 1.46. The summed E-state index contributed by atoms with van der Waals surface area (Å²) in [5, 5.41) is 15.0. The van der Waals surface area contributed by atoms with Gasteiger partial charge in [0.15, 0.2) is 12.4 Å². The first-order chi connectivity index (χ1) is 12.4. The third-order valence-electron chi connectivity index (χ3n) is 3.06. The van der Waals surface area contributed by atoms with E-state index in [1.165, 1.54) is 18.3 Å². The van der Waals surface area contributed by atoms with Gasteiger partial charge in [-0.2, -0.15) is 5.10 Å².